The molecule has 1 heterocycles. The van der Waals surface area contributed by atoms with Gasteiger partial charge in [-0.15, -0.1) is 10.2 Å². The van der Waals surface area contributed by atoms with Gasteiger partial charge in [-0.2, -0.15) is 4.80 Å². The van der Waals surface area contributed by atoms with Crippen molar-refractivity contribution in [1.82, 2.24) is 20.2 Å². The monoisotopic (exact) mass is 282 g/mol. The van der Waals surface area contributed by atoms with Crippen LogP contribution in [0.5, 0.6) is 0 Å². The smallest absolute Gasteiger partial charge is 0.204 e. The normalized spacial score (nSPS) is 10.8. The van der Waals surface area contributed by atoms with Crippen molar-refractivity contribution in [2.45, 2.75) is 19.9 Å². The summed E-state index contributed by atoms with van der Waals surface area (Å²) in [5.41, 5.74) is 2.72. The Hall–Kier alpha value is -2.56. The summed E-state index contributed by atoms with van der Waals surface area (Å²) in [6, 6.07) is 14.6. The Morgan fingerprint density at radius 2 is 1.81 bits per heavy atom. The topological polar surface area (TPSA) is 43.6 Å². The third-order valence-corrected chi connectivity index (χ3v) is 3.34. The predicted octanol–water partition coefficient (Wildman–Crippen LogP) is 3.09. The Labute approximate surface area is 122 Å². The van der Waals surface area contributed by atoms with E-state index in [0.717, 1.165) is 12.0 Å². The van der Waals surface area contributed by atoms with Crippen LogP contribution >= 0.6 is 0 Å². The highest BCUT2D eigenvalue weighted by atomic mass is 19.1. The number of rotatable bonds is 4. The molecule has 5 heteroatoms. The molecule has 4 nitrogen and oxygen atoms in total. The van der Waals surface area contributed by atoms with Crippen LogP contribution in [0.4, 0.5) is 4.39 Å². The summed E-state index contributed by atoms with van der Waals surface area (Å²) < 4.78 is 13.6. The molecule has 0 atom stereocenters. The molecule has 0 saturated carbocycles. The van der Waals surface area contributed by atoms with Crippen molar-refractivity contribution in [3.8, 4) is 11.4 Å². The number of nitrogens with zero attached hydrogens (tertiary/aromatic N) is 4. The lowest BCUT2D eigenvalue weighted by Crippen LogP contribution is -2.05. The highest BCUT2D eigenvalue weighted by Crippen LogP contribution is 2.15. The summed E-state index contributed by atoms with van der Waals surface area (Å²) in [6.07, 6.45) is 0.994. The van der Waals surface area contributed by atoms with Gasteiger partial charge in [-0.1, -0.05) is 49.4 Å². The molecule has 106 valence electrons. The minimum Gasteiger partial charge on any atom is -0.207 e. The van der Waals surface area contributed by atoms with Gasteiger partial charge in [0.2, 0.25) is 5.82 Å². The summed E-state index contributed by atoms with van der Waals surface area (Å²) in [4.78, 5) is 1.40. The maximum atomic E-state index is 13.6. The Balaban J connectivity index is 1.81. The third-order valence-electron chi connectivity index (χ3n) is 3.34. The second-order valence-corrected chi connectivity index (χ2v) is 4.79. The molecule has 0 radical (unpaired) electrons. The fourth-order valence-corrected chi connectivity index (χ4v) is 2.09. The fourth-order valence-electron chi connectivity index (χ4n) is 2.09. The van der Waals surface area contributed by atoms with Crippen LogP contribution in [0.3, 0.4) is 0 Å². The van der Waals surface area contributed by atoms with Crippen LogP contribution in [0.2, 0.25) is 0 Å². The summed E-state index contributed by atoms with van der Waals surface area (Å²) in [7, 11) is 0. The average molecular weight is 282 g/mol. The van der Waals surface area contributed by atoms with Crippen LogP contribution in [0.15, 0.2) is 48.5 Å². The standard InChI is InChI=1S/C16H15FN4/c1-2-12-7-9-13(10-8-12)16-18-20-21(19-16)11-14-5-3-4-6-15(14)17/h3-10H,2,11H2,1H3. The van der Waals surface area contributed by atoms with E-state index in [1.807, 2.05) is 24.3 Å². The molecule has 0 spiro atoms. The molecular weight excluding hydrogens is 267 g/mol. The number of benzene rings is 2. The van der Waals surface area contributed by atoms with Gasteiger partial charge < -0.3 is 0 Å². The number of hydrogen-bond acceptors (Lipinski definition) is 3. The van der Waals surface area contributed by atoms with Crippen LogP contribution in [0, 0.1) is 5.82 Å². The predicted molar refractivity (Wildman–Crippen MR) is 78.1 cm³/mol. The first kappa shape index (κ1) is 13.4. The second-order valence-electron chi connectivity index (χ2n) is 4.79. The van der Waals surface area contributed by atoms with Crippen molar-refractivity contribution in [2.75, 3.05) is 0 Å². The molecule has 3 aromatic rings. The molecule has 1 aromatic heterocycles. The molecule has 0 aliphatic carbocycles. The number of aromatic nitrogens is 4. The van der Waals surface area contributed by atoms with E-state index in [4.69, 9.17) is 0 Å². The first-order valence-corrected chi connectivity index (χ1v) is 6.87. The molecule has 0 N–H and O–H groups in total. The molecule has 0 bridgehead atoms. The van der Waals surface area contributed by atoms with E-state index in [1.54, 1.807) is 18.2 Å². The van der Waals surface area contributed by atoms with E-state index in [-0.39, 0.29) is 12.4 Å². The molecule has 3 rings (SSSR count). The number of aryl methyl sites for hydroxylation is 1. The van der Waals surface area contributed by atoms with Crippen LogP contribution in [-0.2, 0) is 13.0 Å². The van der Waals surface area contributed by atoms with Gasteiger partial charge in [0.05, 0.1) is 6.54 Å². The van der Waals surface area contributed by atoms with E-state index < -0.39 is 0 Å². The number of tetrazole rings is 1. The van der Waals surface area contributed by atoms with Crippen molar-refractivity contribution in [1.29, 1.82) is 0 Å². The van der Waals surface area contributed by atoms with Crippen molar-refractivity contribution in [3.63, 3.8) is 0 Å². The Kier molecular flexibility index (Phi) is 3.73. The second kappa shape index (κ2) is 5.83. The quantitative estimate of drug-likeness (QED) is 0.738. The first-order chi connectivity index (χ1) is 10.3. The summed E-state index contributed by atoms with van der Waals surface area (Å²) in [6.45, 7) is 2.38. The zero-order valence-corrected chi connectivity index (χ0v) is 11.7. The van der Waals surface area contributed by atoms with E-state index in [1.165, 1.54) is 16.4 Å². The molecule has 0 fully saturated rings. The minimum absolute atomic E-state index is 0.261. The lowest BCUT2D eigenvalue weighted by Gasteiger charge is -2.00. The largest absolute Gasteiger partial charge is 0.207 e. The summed E-state index contributed by atoms with van der Waals surface area (Å²) >= 11 is 0. The molecule has 21 heavy (non-hydrogen) atoms. The third kappa shape index (κ3) is 2.97. The van der Waals surface area contributed by atoms with Crippen LogP contribution in [-0.4, -0.2) is 20.2 Å². The number of hydrogen-bond donors (Lipinski definition) is 0. The van der Waals surface area contributed by atoms with Crippen LogP contribution in [0.1, 0.15) is 18.1 Å². The lowest BCUT2D eigenvalue weighted by molar-refractivity contribution is 0.539. The minimum atomic E-state index is -0.261. The summed E-state index contributed by atoms with van der Waals surface area (Å²) in [5, 5.41) is 12.3. The Bertz CT molecular complexity index is 734. The maximum Gasteiger partial charge on any atom is 0.204 e. The first-order valence-electron chi connectivity index (χ1n) is 6.87. The van der Waals surface area contributed by atoms with Crippen molar-refractivity contribution in [2.24, 2.45) is 0 Å². The molecule has 0 aliphatic rings. The SMILES string of the molecule is CCc1ccc(-c2nnn(Cc3ccccc3F)n2)cc1. The van der Waals surface area contributed by atoms with Gasteiger partial charge in [0, 0.05) is 11.1 Å². The highest BCUT2D eigenvalue weighted by Gasteiger charge is 2.08. The number of halogens is 1. The molecular formula is C16H15FN4. The Morgan fingerprint density at radius 1 is 1.05 bits per heavy atom. The van der Waals surface area contributed by atoms with Gasteiger partial charge in [0.15, 0.2) is 0 Å². The van der Waals surface area contributed by atoms with Gasteiger partial charge >= 0.3 is 0 Å². The van der Waals surface area contributed by atoms with Crippen LogP contribution in [0.25, 0.3) is 11.4 Å². The van der Waals surface area contributed by atoms with E-state index >= 15 is 0 Å². The van der Waals surface area contributed by atoms with E-state index in [9.17, 15) is 4.39 Å². The zero-order valence-electron chi connectivity index (χ0n) is 11.7. The lowest BCUT2D eigenvalue weighted by atomic mass is 10.1. The molecule has 0 saturated heterocycles. The maximum absolute atomic E-state index is 13.6. The van der Waals surface area contributed by atoms with Gasteiger partial charge in [0.25, 0.3) is 0 Å². The van der Waals surface area contributed by atoms with Gasteiger partial charge in [-0.3, -0.25) is 0 Å². The molecule has 0 aliphatic heterocycles. The molecule has 2 aromatic carbocycles. The zero-order chi connectivity index (χ0) is 14.7. The van der Waals surface area contributed by atoms with Crippen molar-refractivity contribution < 1.29 is 4.39 Å². The summed E-state index contributed by atoms with van der Waals surface area (Å²) in [5.74, 6) is 0.289. The van der Waals surface area contributed by atoms with E-state index in [2.05, 4.69) is 22.3 Å². The average Bonchev–Trinajstić information content (AvgIpc) is 2.98. The fraction of sp³-hybridized carbons (Fsp3) is 0.188. The molecule has 0 amide bonds. The molecule has 0 unspecified atom stereocenters. The Morgan fingerprint density at radius 3 is 2.52 bits per heavy atom. The van der Waals surface area contributed by atoms with Gasteiger partial charge in [-0.25, -0.2) is 4.39 Å². The van der Waals surface area contributed by atoms with Crippen LogP contribution < -0.4 is 0 Å². The van der Waals surface area contributed by atoms with Gasteiger partial charge in [0.1, 0.15) is 5.82 Å². The van der Waals surface area contributed by atoms with Crippen molar-refractivity contribution in [3.05, 3.63) is 65.5 Å². The highest BCUT2D eigenvalue weighted by molar-refractivity contribution is 5.54. The van der Waals surface area contributed by atoms with Crippen molar-refractivity contribution >= 4 is 0 Å². The van der Waals surface area contributed by atoms with E-state index in [0.29, 0.717) is 11.4 Å². The van der Waals surface area contributed by atoms with Gasteiger partial charge in [-0.05, 0) is 23.3 Å².